The molecule has 0 N–H and O–H groups in total. The van der Waals surface area contributed by atoms with Gasteiger partial charge in [-0.3, -0.25) is 0 Å². The van der Waals surface area contributed by atoms with E-state index in [-0.39, 0.29) is 0 Å². The van der Waals surface area contributed by atoms with Gasteiger partial charge in [0.05, 0.1) is 0 Å². The lowest BCUT2D eigenvalue weighted by Gasteiger charge is -1.82. The molecule has 0 aromatic carbocycles. The third kappa shape index (κ3) is 4.09. The summed E-state index contributed by atoms with van der Waals surface area (Å²) in [5, 5.41) is -0.407. The van der Waals surface area contributed by atoms with Crippen molar-refractivity contribution in [1.29, 1.82) is 0 Å². The number of hydrogen-bond acceptors (Lipinski definition) is 1. The Kier molecular flexibility index (Phi) is 2.38. The fraction of sp³-hybridized carbons (Fsp3) is 0.250. The lowest BCUT2D eigenvalue weighted by Crippen LogP contribution is -1.76. The normalized spacial score (nSPS) is 14.0. The summed E-state index contributed by atoms with van der Waals surface area (Å²) in [6, 6.07) is 0. The fourth-order valence-electron chi connectivity index (χ4n) is 0. The molecule has 0 aromatic rings. The van der Waals surface area contributed by atoms with Crippen LogP contribution in [0.1, 0.15) is 0 Å². The molecule has 0 bridgehead atoms. The third-order valence-corrected chi connectivity index (χ3v) is 0.434. The van der Waals surface area contributed by atoms with Gasteiger partial charge in [0.25, 0.3) is 0 Å². The van der Waals surface area contributed by atoms with Crippen molar-refractivity contribution in [3.63, 3.8) is 0 Å². The van der Waals surface area contributed by atoms with Crippen molar-refractivity contribution in [2.45, 2.75) is 5.25 Å². The minimum atomic E-state index is -0.407. The van der Waals surface area contributed by atoms with E-state index in [1.165, 1.54) is 6.08 Å². The molecule has 0 nitrogen and oxygen atoms in total. The monoisotopic (exact) mass is 85.0 g/mol. The Bertz CT molecular complexity index is 30.6. The Morgan fingerprint density at radius 3 is 2.20 bits per heavy atom. The van der Waals surface area contributed by atoms with Crippen LogP contribution in [-0.4, -0.2) is 5.25 Å². The van der Waals surface area contributed by atoms with E-state index < -0.39 is 5.25 Å². The summed E-state index contributed by atoms with van der Waals surface area (Å²) < 4.78 is 0. The molecule has 1 unspecified atom stereocenters. The molecular weight excluding hydrogens is 80.1 g/mol. The van der Waals surface area contributed by atoms with Crippen molar-refractivity contribution in [2.24, 2.45) is 0 Å². The quantitative estimate of drug-likeness (QED) is 0.357. The van der Waals surface area contributed by atoms with Crippen LogP contribution in [0.15, 0.2) is 12.7 Å². The first-order valence-electron chi connectivity index (χ1n) is 1.29. The molecule has 0 aliphatic carbocycles. The molecule has 0 aliphatic heterocycles. The van der Waals surface area contributed by atoms with Crippen LogP contribution >= 0.6 is 12.6 Å². The zero-order valence-electron chi connectivity index (χ0n) is 2.81. The van der Waals surface area contributed by atoms with Crippen molar-refractivity contribution in [1.82, 2.24) is 0 Å². The first-order chi connectivity index (χ1) is 2.27. The second kappa shape index (κ2) is 2.33. The topological polar surface area (TPSA) is 0 Å². The SMILES string of the molecule is [C]C(S)C=C. The maximum Gasteiger partial charge on any atom is 0.0269 e. The predicted molar refractivity (Wildman–Crippen MR) is 26.2 cm³/mol. The fourth-order valence-corrected chi connectivity index (χ4v) is 0. The largest absolute Gasteiger partial charge is 0.171 e. The maximum absolute atomic E-state index is 6.57. The van der Waals surface area contributed by atoms with E-state index in [1.54, 1.807) is 0 Å². The molecule has 1 heteroatoms. The van der Waals surface area contributed by atoms with Crippen molar-refractivity contribution < 1.29 is 0 Å². The smallest absolute Gasteiger partial charge is 0.0269 e. The van der Waals surface area contributed by atoms with Crippen LogP contribution in [0, 0.1) is 6.92 Å². The summed E-state index contributed by atoms with van der Waals surface area (Å²) in [6.45, 7) is 9.87. The summed E-state index contributed by atoms with van der Waals surface area (Å²) in [5.74, 6) is 0. The van der Waals surface area contributed by atoms with Gasteiger partial charge in [0, 0.05) is 12.2 Å². The van der Waals surface area contributed by atoms with Crippen LogP contribution in [0.5, 0.6) is 0 Å². The summed E-state index contributed by atoms with van der Waals surface area (Å²) in [5.41, 5.74) is 0. The van der Waals surface area contributed by atoms with E-state index in [4.69, 9.17) is 6.92 Å². The Morgan fingerprint density at radius 1 is 2.00 bits per heavy atom. The molecule has 0 aliphatic rings. The average molecular weight is 85.2 g/mol. The van der Waals surface area contributed by atoms with Gasteiger partial charge >= 0.3 is 0 Å². The van der Waals surface area contributed by atoms with Crippen molar-refractivity contribution in [3.8, 4) is 0 Å². The van der Waals surface area contributed by atoms with Gasteiger partial charge in [-0.05, 0) is 0 Å². The number of thiol groups is 1. The Morgan fingerprint density at radius 2 is 2.20 bits per heavy atom. The molecule has 0 aromatic heterocycles. The molecule has 0 saturated heterocycles. The van der Waals surface area contributed by atoms with Crippen molar-refractivity contribution >= 4 is 12.6 Å². The first kappa shape index (κ1) is 5.09. The van der Waals surface area contributed by atoms with Crippen LogP contribution in [0.3, 0.4) is 0 Å². The third-order valence-electron chi connectivity index (χ3n) is 0.223. The van der Waals surface area contributed by atoms with Crippen LogP contribution < -0.4 is 0 Å². The summed E-state index contributed by atoms with van der Waals surface area (Å²) >= 11 is 3.65. The van der Waals surface area contributed by atoms with Crippen LogP contribution in [0.2, 0.25) is 0 Å². The minimum absolute atomic E-state index is 0.407. The van der Waals surface area contributed by atoms with Crippen molar-refractivity contribution in [3.05, 3.63) is 19.6 Å². The van der Waals surface area contributed by atoms with Gasteiger partial charge in [-0.15, -0.1) is 6.58 Å². The average Bonchev–Trinajstić information content (AvgIpc) is 1.38. The van der Waals surface area contributed by atoms with Gasteiger partial charge in [0.15, 0.2) is 0 Å². The zero-order chi connectivity index (χ0) is 4.28. The summed E-state index contributed by atoms with van der Waals surface area (Å²) in [6.07, 6.45) is 1.45. The molecule has 0 heterocycles. The first-order valence-corrected chi connectivity index (χ1v) is 1.80. The van der Waals surface area contributed by atoms with E-state index in [9.17, 15) is 0 Å². The van der Waals surface area contributed by atoms with Gasteiger partial charge in [-0.1, -0.05) is 6.08 Å². The molecule has 0 spiro atoms. The number of hydrogen-bond donors (Lipinski definition) is 1. The van der Waals surface area contributed by atoms with E-state index in [1.807, 2.05) is 0 Å². The van der Waals surface area contributed by atoms with Crippen LogP contribution in [-0.2, 0) is 0 Å². The molecule has 3 radical (unpaired) electrons. The molecule has 1 atom stereocenters. The Labute approximate surface area is 38.3 Å². The molecule has 0 amide bonds. The second-order valence-corrected chi connectivity index (χ2v) is 1.24. The highest BCUT2D eigenvalue weighted by Crippen LogP contribution is 1.87. The molecule has 27 valence electrons. The molecule has 0 fully saturated rings. The van der Waals surface area contributed by atoms with E-state index >= 15 is 0 Å². The van der Waals surface area contributed by atoms with Crippen LogP contribution in [0.25, 0.3) is 0 Å². The second-order valence-electron chi connectivity index (χ2n) is 0.681. The highest BCUT2D eigenvalue weighted by molar-refractivity contribution is 7.81. The Balaban J connectivity index is 2.83. The van der Waals surface area contributed by atoms with Gasteiger partial charge in [0.1, 0.15) is 0 Å². The summed E-state index contributed by atoms with van der Waals surface area (Å²) in [4.78, 5) is 0. The van der Waals surface area contributed by atoms with E-state index in [0.29, 0.717) is 0 Å². The van der Waals surface area contributed by atoms with Gasteiger partial charge < -0.3 is 0 Å². The lowest BCUT2D eigenvalue weighted by atomic mass is 10.5. The maximum atomic E-state index is 6.57. The Hall–Kier alpha value is 0.0900. The summed E-state index contributed by atoms with van der Waals surface area (Å²) in [7, 11) is 0. The molecule has 5 heavy (non-hydrogen) atoms. The van der Waals surface area contributed by atoms with Gasteiger partial charge in [-0.2, -0.15) is 12.6 Å². The molecule has 0 saturated carbocycles. The van der Waals surface area contributed by atoms with Gasteiger partial charge in [-0.25, -0.2) is 0 Å². The standard InChI is InChI=1S/C4H5S/c1-3-4(2)5/h3-5H,1H2. The van der Waals surface area contributed by atoms with E-state index in [2.05, 4.69) is 19.2 Å². The number of rotatable bonds is 1. The molecular formula is C4H5S. The van der Waals surface area contributed by atoms with Crippen molar-refractivity contribution in [2.75, 3.05) is 0 Å². The highest BCUT2D eigenvalue weighted by Gasteiger charge is 1.76. The van der Waals surface area contributed by atoms with E-state index in [0.717, 1.165) is 0 Å². The minimum Gasteiger partial charge on any atom is -0.171 e. The zero-order valence-corrected chi connectivity index (χ0v) is 3.70. The molecule has 0 rings (SSSR count). The van der Waals surface area contributed by atoms with Gasteiger partial charge in [0.2, 0.25) is 0 Å². The highest BCUT2D eigenvalue weighted by atomic mass is 32.1. The predicted octanol–water partition coefficient (Wildman–Crippen LogP) is 1.06. The van der Waals surface area contributed by atoms with Crippen LogP contribution in [0.4, 0.5) is 0 Å². The lowest BCUT2D eigenvalue weighted by molar-refractivity contribution is 1.46.